The van der Waals surface area contributed by atoms with E-state index in [-0.39, 0.29) is 16.2 Å². The topological polar surface area (TPSA) is 101 Å². The molecule has 0 bridgehead atoms. The minimum absolute atomic E-state index is 0.0770. The first-order valence-corrected chi connectivity index (χ1v) is 4.83. The summed E-state index contributed by atoms with van der Waals surface area (Å²) in [4.78, 5) is 0. The van der Waals surface area contributed by atoms with Crippen molar-refractivity contribution in [3.8, 4) is 11.5 Å². The lowest BCUT2D eigenvalue weighted by Crippen LogP contribution is -2.14. The number of aliphatic hydroxyl groups is 3. The van der Waals surface area contributed by atoms with Gasteiger partial charge < -0.3 is 25.5 Å². The van der Waals surface area contributed by atoms with Crippen LogP contribution in [-0.4, -0.2) is 25.5 Å². The molecule has 5 N–H and O–H groups in total. The molecule has 0 fully saturated rings. The van der Waals surface area contributed by atoms with Crippen molar-refractivity contribution >= 4 is 11.7 Å². The van der Waals surface area contributed by atoms with Crippen molar-refractivity contribution in [2.45, 2.75) is 19.8 Å². The maximum atomic E-state index is 9.58. The van der Waals surface area contributed by atoms with Crippen LogP contribution in [0.15, 0.2) is 12.1 Å². The Kier molecular flexibility index (Phi) is 3.50. The lowest BCUT2D eigenvalue weighted by atomic mass is 10.1. The molecule has 0 spiro atoms. The Hall–Kier alpha value is -2.04. The molecule has 0 saturated carbocycles. The number of rotatable bonds is 2. The fraction of sp³-hybridized carbons (Fsp3) is 0.273. The van der Waals surface area contributed by atoms with E-state index in [0.717, 1.165) is 12.1 Å². The average Bonchev–Trinajstić information content (AvgIpc) is 2.16. The summed E-state index contributed by atoms with van der Waals surface area (Å²) >= 11 is 0. The van der Waals surface area contributed by atoms with E-state index in [4.69, 9.17) is 10.2 Å². The first kappa shape index (κ1) is 12.0. The van der Waals surface area contributed by atoms with Gasteiger partial charge >= 0.3 is 0 Å². The van der Waals surface area contributed by atoms with Crippen molar-refractivity contribution in [1.82, 2.24) is 0 Å². The van der Waals surface area contributed by atoms with Crippen molar-refractivity contribution in [3.63, 3.8) is 0 Å². The molecule has 16 heavy (non-hydrogen) atoms. The Morgan fingerprint density at radius 3 is 1.94 bits per heavy atom. The number of benzene rings is 1. The number of hydrogen-bond acceptors (Lipinski definition) is 5. The Morgan fingerprint density at radius 2 is 1.56 bits per heavy atom. The molecule has 88 valence electrons. The van der Waals surface area contributed by atoms with E-state index >= 15 is 0 Å². The fourth-order valence-corrected chi connectivity index (χ4v) is 1.40. The average molecular weight is 226 g/mol. The van der Waals surface area contributed by atoms with Gasteiger partial charge in [-0.1, -0.05) is 6.92 Å². The van der Waals surface area contributed by atoms with Gasteiger partial charge in [0.1, 0.15) is 17.3 Å². The van der Waals surface area contributed by atoms with Gasteiger partial charge in [0.25, 0.3) is 5.95 Å². The molecule has 0 unspecified atom stereocenters. The molecule has 0 atom stereocenters. The van der Waals surface area contributed by atoms with Crippen LogP contribution in [0.1, 0.15) is 19.8 Å². The maximum absolute atomic E-state index is 9.58. The van der Waals surface area contributed by atoms with E-state index < -0.39 is 17.4 Å². The summed E-state index contributed by atoms with van der Waals surface area (Å²) in [7, 11) is 0. The summed E-state index contributed by atoms with van der Waals surface area (Å²) in [5.74, 6) is -1.95. The number of phenolic OH excluding ortho intramolecular Hbond substituents is 2. The van der Waals surface area contributed by atoms with Gasteiger partial charge in [0.05, 0.1) is 10.4 Å². The smallest absolute Gasteiger partial charge is 0.281 e. The van der Waals surface area contributed by atoms with Gasteiger partial charge in [-0.2, -0.15) is 0 Å². The van der Waals surface area contributed by atoms with Gasteiger partial charge in [0, 0.05) is 6.42 Å². The molecule has 0 aliphatic heterocycles. The Labute approximate surface area is 91.8 Å². The molecule has 0 heterocycles. The van der Waals surface area contributed by atoms with E-state index in [9.17, 15) is 15.3 Å². The molecule has 0 radical (unpaired) electrons. The summed E-state index contributed by atoms with van der Waals surface area (Å²) in [6, 6.07) is 2.10. The minimum Gasteiger partial charge on any atom is -0.511 e. The van der Waals surface area contributed by atoms with Crippen LogP contribution in [0.5, 0.6) is 11.5 Å². The van der Waals surface area contributed by atoms with Crippen LogP contribution in [0.25, 0.3) is 11.7 Å². The monoisotopic (exact) mass is 226 g/mol. The van der Waals surface area contributed by atoms with Crippen molar-refractivity contribution < 1.29 is 25.5 Å². The first-order valence-electron chi connectivity index (χ1n) is 4.83. The zero-order chi connectivity index (χ0) is 12.3. The third-order valence-electron chi connectivity index (χ3n) is 2.13. The SMILES string of the molecule is CCCC(O)=c1c(O)cc(=C(O)O)cc1O. The second kappa shape index (κ2) is 4.65. The highest BCUT2D eigenvalue weighted by molar-refractivity contribution is 5.48. The summed E-state index contributed by atoms with van der Waals surface area (Å²) in [6.45, 7) is 1.84. The molecule has 1 aromatic carbocycles. The third-order valence-corrected chi connectivity index (χ3v) is 2.13. The van der Waals surface area contributed by atoms with Gasteiger partial charge in [0.2, 0.25) is 0 Å². The van der Waals surface area contributed by atoms with Crippen LogP contribution in [0, 0.1) is 0 Å². The molecule has 0 aliphatic rings. The highest BCUT2D eigenvalue weighted by Crippen LogP contribution is 2.10. The largest absolute Gasteiger partial charge is 0.511 e. The molecule has 1 aromatic rings. The van der Waals surface area contributed by atoms with E-state index in [2.05, 4.69) is 0 Å². The summed E-state index contributed by atoms with van der Waals surface area (Å²) in [6.07, 6.45) is 0.971. The molecule has 0 saturated heterocycles. The predicted octanol–water partition coefficient (Wildman–Crippen LogP) is 0.746. The van der Waals surface area contributed by atoms with Crippen molar-refractivity contribution in [2.75, 3.05) is 0 Å². The van der Waals surface area contributed by atoms with Crippen LogP contribution >= 0.6 is 0 Å². The lowest BCUT2D eigenvalue weighted by molar-refractivity contribution is 0.297. The molecular formula is C11H14O5. The van der Waals surface area contributed by atoms with E-state index in [1.54, 1.807) is 0 Å². The Balaban J connectivity index is 3.58. The number of aromatic hydroxyl groups is 2. The summed E-state index contributed by atoms with van der Waals surface area (Å²) in [5.41, 5.74) is 0. The zero-order valence-corrected chi connectivity index (χ0v) is 8.80. The van der Waals surface area contributed by atoms with Gasteiger partial charge in [-0.05, 0) is 18.6 Å². The zero-order valence-electron chi connectivity index (χ0n) is 8.80. The molecular weight excluding hydrogens is 212 g/mol. The molecule has 1 rings (SSSR count). The summed E-state index contributed by atoms with van der Waals surface area (Å²) in [5, 5.41) is 46.0. The molecule has 0 aliphatic carbocycles. The summed E-state index contributed by atoms with van der Waals surface area (Å²) < 4.78 is 0. The van der Waals surface area contributed by atoms with Crippen LogP contribution in [0.2, 0.25) is 0 Å². The lowest BCUT2D eigenvalue weighted by Gasteiger charge is -2.02. The molecule has 0 aromatic heterocycles. The number of hydrogen-bond donors (Lipinski definition) is 5. The highest BCUT2D eigenvalue weighted by Gasteiger charge is 2.07. The Morgan fingerprint density at radius 1 is 1.06 bits per heavy atom. The van der Waals surface area contributed by atoms with Crippen molar-refractivity contribution in [3.05, 3.63) is 22.6 Å². The van der Waals surface area contributed by atoms with Gasteiger partial charge in [-0.25, -0.2) is 0 Å². The molecule has 5 nitrogen and oxygen atoms in total. The van der Waals surface area contributed by atoms with E-state index in [1.165, 1.54) is 0 Å². The van der Waals surface area contributed by atoms with Gasteiger partial charge in [-0.15, -0.1) is 0 Å². The third kappa shape index (κ3) is 2.31. The van der Waals surface area contributed by atoms with E-state index in [1.807, 2.05) is 6.92 Å². The second-order valence-electron chi connectivity index (χ2n) is 3.41. The maximum Gasteiger partial charge on any atom is 0.281 e. The standard InChI is InChI=1S/C11H14O5/c1-2-3-7(12)10-8(13)4-6(11(15)16)5-9(10)14/h4-5,12-16H,2-3H2,1H3. The van der Waals surface area contributed by atoms with Crippen molar-refractivity contribution in [2.24, 2.45) is 0 Å². The number of phenols is 2. The number of aliphatic hydroxyl groups excluding tert-OH is 2. The van der Waals surface area contributed by atoms with Crippen LogP contribution in [-0.2, 0) is 0 Å². The van der Waals surface area contributed by atoms with Crippen LogP contribution in [0.4, 0.5) is 0 Å². The van der Waals surface area contributed by atoms with Gasteiger partial charge in [-0.3, -0.25) is 0 Å². The minimum atomic E-state index is -1.01. The van der Waals surface area contributed by atoms with Gasteiger partial charge in [0.15, 0.2) is 0 Å². The van der Waals surface area contributed by atoms with E-state index in [0.29, 0.717) is 12.8 Å². The normalized spacial score (nSPS) is 10.1. The fourth-order valence-electron chi connectivity index (χ4n) is 1.40. The van der Waals surface area contributed by atoms with Crippen LogP contribution < -0.4 is 10.4 Å². The first-order chi connectivity index (χ1) is 7.47. The quantitative estimate of drug-likeness (QED) is 0.512. The highest BCUT2D eigenvalue weighted by atomic mass is 16.5. The van der Waals surface area contributed by atoms with Crippen molar-refractivity contribution in [1.29, 1.82) is 0 Å². The predicted molar refractivity (Wildman–Crippen MR) is 58.6 cm³/mol. The second-order valence-corrected chi connectivity index (χ2v) is 3.41. The molecule has 0 amide bonds. The van der Waals surface area contributed by atoms with Crippen LogP contribution in [0.3, 0.4) is 0 Å². The molecule has 5 heteroatoms. The Bertz CT molecular complexity index is 471.